The Kier molecular flexibility index (Phi) is 7.47. The van der Waals surface area contributed by atoms with Crippen molar-refractivity contribution in [2.75, 3.05) is 13.7 Å². The fraction of sp³-hybridized carbons (Fsp3) is 0.231. The van der Waals surface area contributed by atoms with Crippen LogP contribution in [0.4, 0.5) is 0 Å². The summed E-state index contributed by atoms with van der Waals surface area (Å²) in [4.78, 5) is 17.3. The zero-order valence-corrected chi connectivity index (χ0v) is 19.2. The Labute approximate surface area is 198 Å². The topological polar surface area (TPSA) is 65.4 Å². The van der Waals surface area contributed by atoms with Gasteiger partial charge in [-0.1, -0.05) is 35.9 Å². The first-order valence-electron chi connectivity index (χ1n) is 10.9. The van der Waals surface area contributed by atoms with Crippen molar-refractivity contribution < 1.29 is 14.3 Å². The quantitative estimate of drug-likeness (QED) is 0.316. The Morgan fingerprint density at radius 3 is 2.67 bits per heavy atom. The predicted octanol–water partition coefficient (Wildman–Crippen LogP) is 5.49. The number of aromatic nitrogens is 2. The molecule has 4 aromatic rings. The van der Waals surface area contributed by atoms with E-state index in [1.807, 2.05) is 42.5 Å². The number of methoxy groups -OCH3 is 1. The maximum atomic E-state index is 12.5. The monoisotopic (exact) mass is 463 g/mol. The number of fused-ring (bicyclic) bond motifs is 1. The molecule has 4 rings (SSSR count). The SMILES string of the molecule is COc1cccc(OCCCCn2c(CNC(=O)c3cccc(Cl)c3)nc3ccccc32)c1. The van der Waals surface area contributed by atoms with Gasteiger partial charge in [0.2, 0.25) is 0 Å². The molecule has 0 fully saturated rings. The normalized spacial score (nSPS) is 10.8. The molecule has 3 aromatic carbocycles. The Balaban J connectivity index is 1.37. The first kappa shape index (κ1) is 22.7. The van der Waals surface area contributed by atoms with Crippen LogP contribution in [0.2, 0.25) is 5.02 Å². The zero-order valence-electron chi connectivity index (χ0n) is 18.5. The number of hydrogen-bond acceptors (Lipinski definition) is 4. The number of amides is 1. The lowest BCUT2D eigenvalue weighted by atomic mass is 10.2. The Hall–Kier alpha value is -3.51. The van der Waals surface area contributed by atoms with Gasteiger partial charge in [0.1, 0.15) is 17.3 Å². The van der Waals surface area contributed by atoms with E-state index in [2.05, 4.69) is 16.0 Å². The Bertz CT molecular complexity index is 1240. The van der Waals surface area contributed by atoms with E-state index in [4.69, 9.17) is 26.1 Å². The molecule has 33 heavy (non-hydrogen) atoms. The van der Waals surface area contributed by atoms with Crippen LogP contribution in [-0.4, -0.2) is 29.2 Å². The van der Waals surface area contributed by atoms with Crippen molar-refractivity contribution in [3.8, 4) is 11.5 Å². The highest BCUT2D eigenvalue weighted by Crippen LogP contribution is 2.20. The highest BCUT2D eigenvalue weighted by molar-refractivity contribution is 6.30. The van der Waals surface area contributed by atoms with Gasteiger partial charge in [0, 0.05) is 23.2 Å². The lowest BCUT2D eigenvalue weighted by Crippen LogP contribution is -2.24. The number of nitrogens with one attached hydrogen (secondary N) is 1. The minimum Gasteiger partial charge on any atom is -0.497 e. The van der Waals surface area contributed by atoms with Crippen LogP contribution in [-0.2, 0) is 13.1 Å². The summed E-state index contributed by atoms with van der Waals surface area (Å²) in [5.74, 6) is 2.22. The van der Waals surface area contributed by atoms with Crippen molar-refractivity contribution in [1.82, 2.24) is 14.9 Å². The number of aryl methyl sites for hydroxylation is 1. The number of para-hydroxylation sites is 2. The summed E-state index contributed by atoms with van der Waals surface area (Å²) < 4.78 is 13.2. The molecule has 0 aliphatic carbocycles. The van der Waals surface area contributed by atoms with Gasteiger partial charge in [-0.25, -0.2) is 4.98 Å². The maximum Gasteiger partial charge on any atom is 0.251 e. The lowest BCUT2D eigenvalue weighted by Gasteiger charge is -2.11. The molecule has 0 radical (unpaired) electrons. The average molecular weight is 464 g/mol. The number of rotatable bonds is 10. The largest absolute Gasteiger partial charge is 0.497 e. The molecule has 6 nitrogen and oxygen atoms in total. The second-order valence-electron chi connectivity index (χ2n) is 7.60. The molecule has 1 N–H and O–H groups in total. The van der Waals surface area contributed by atoms with E-state index in [1.54, 1.807) is 31.4 Å². The molecule has 0 aliphatic heterocycles. The van der Waals surface area contributed by atoms with Gasteiger partial charge in [0.05, 0.1) is 31.3 Å². The molecule has 0 atom stereocenters. The van der Waals surface area contributed by atoms with Crippen LogP contribution in [0.3, 0.4) is 0 Å². The molecular weight excluding hydrogens is 438 g/mol. The first-order valence-corrected chi connectivity index (χ1v) is 11.3. The van der Waals surface area contributed by atoms with Crippen molar-refractivity contribution in [2.45, 2.75) is 25.9 Å². The van der Waals surface area contributed by atoms with Gasteiger partial charge < -0.3 is 19.4 Å². The summed E-state index contributed by atoms with van der Waals surface area (Å²) in [5.41, 5.74) is 2.50. The van der Waals surface area contributed by atoms with Crippen LogP contribution in [0.5, 0.6) is 11.5 Å². The summed E-state index contributed by atoms with van der Waals surface area (Å²) >= 11 is 6.01. The molecule has 1 aromatic heterocycles. The molecule has 1 amide bonds. The summed E-state index contributed by atoms with van der Waals surface area (Å²) in [6.45, 7) is 1.73. The van der Waals surface area contributed by atoms with E-state index >= 15 is 0 Å². The van der Waals surface area contributed by atoms with Crippen LogP contribution < -0.4 is 14.8 Å². The number of benzene rings is 3. The highest BCUT2D eigenvalue weighted by Gasteiger charge is 2.12. The molecule has 1 heterocycles. The Morgan fingerprint density at radius 2 is 1.82 bits per heavy atom. The van der Waals surface area contributed by atoms with Gasteiger partial charge in [-0.2, -0.15) is 0 Å². The number of carbonyl (C=O) groups excluding carboxylic acids is 1. The van der Waals surface area contributed by atoms with Crippen LogP contribution in [0.25, 0.3) is 11.0 Å². The van der Waals surface area contributed by atoms with Gasteiger partial charge in [0.25, 0.3) is 5.91 Å². The minimum atomic E-state index is -0.178. The molecule has 0 saturated heterocycles. The van der Waals surface area contributed by atoms with Crippen molar-refractivity contribution in [3.63, 3.8) is 0 Å². The van der Waals surface area contributed by atoms with Gasteiger partial charge >= 0.3 is 0 Å². The molecular formula is C26H26ClN3O3. The number of halogens is 1. The number of hydrogen-bond donors (Lipinski definition) is 1. The van der Waals surface area contributed by atoms with Crippen molar-refractivity contribution >= 4 is 28.5 Å². The van der Waals surface area contributed by atoms with Crippen molar-refractivity contribution in [1.29, 1.82) is 0 Å². The van der Waals surface area contributed by atoms with Crippen LogP contribution in [0.1, 0.15) is 29.0 Å². The molecule has 0 unspecified atom stereocenters. The Morgan fingerprint density at radius 1 is 1.00 bits per heavy atom. The number of ether oxygens (including phenoxy) is 2. The fourth-order valence-corrected chi connectivity index (χ4v) is 3.84. The summed E-state index contributed by atoms with van der Waals surface area (Å²) in [7, 11) is 1.64. The molecule has 0 bridgehead atoms. The first-order chi connectivity index (χ1) is 16.1. The van der Waals surface area contributed by atoms with Gasteiger partial charge in [0.15, 0.2) is 0 Å². The van der Waals surface area contributed by atoms with Crippen LogP contribution in [0.15, 0.2) is 72.8 Å². The second-order valence-corrected chi connectivity index (χ2v) is 8.03. The molecule has 7 heteroatoms. The van der Waals surface area contributed by atoms with Gasteiger partial charge in [-0.15, -0.1) is 0 Å². The lowest BCUT2D eigenvalue weighted by molar-refractivity contribution is 0.0949. The number of carbonyl (C=O) groups is 1. The van der Waals surface area contributed by atoms with Crippen LogP contribution in [0, 0.1) is 0 Å². The van der Waals surface area contributed by atoms with E-state index in [0.717, 1.165) is 47.7 Å². The smallest absolute Gasteiger partial charge is 0.251 e. The molecule has 0 saturated carbocycles. The van der Waals surface area contributed by atoms with Crippen molar-refractivity contribution in [2.24, 2.45) is 0 Å². The number of nitrogens with zero attached hydrogens (tertiary/aromatic N) is 2. The van der Waals surface area contributed by atoms with Gasteiger partial charge in [-0.3, -0.25) is 4.79 Å². The van der Waals surface area contributed by atoms with E-state index < -0.39 is 0 Å². The minimum absolute atomic E-state index is 0.178. The molecule has 0 aliphatic rings. The summed E-state index contributed by atoms with van der Waals surface area (Å²) in [6.07, 6.45) is 1.80. The third-order valence-corrected chi connectivity index (χ3v) is 5.55. The van der Waals surface area contributed by atoms with E-state index in [-0.39, 0.29) is 5.91 Å². The van der Waals surface area contributed by atoms with Crippen LogP contribution >= 0.6 is 11.6 Å². The van der Waals surface area contributed by atoms with Crippen molar-refractivity contribution in [3.05, 3.63) is 89.2 Å². The molecule has 0 spiro atoms. The fourth-order valence-electron chi connectivity index (χ4n) is 3.65. The zero-order chi connectivity index (χ0) is 23.0. The predicted molar refractivity (Wildman–Crippen MR) is 130 cm³/mol. The average Bonchev–Trinajstić information content (AvgIpc) is 3.20. The molecule has 170 valence electrons. The van der Waals surface area contributed by atoms with Gasteiger partial charge in [-0.05, 0) is 55.3 Å². The standard InChI is InChI=1S/C26H26ClN3O3/c1-32-21-10-7-11-22(17-21)33-15-5-4-14-30-24-13-3-2-12-23(24)29-25(30)18-28-26(31)19-8-6-9-20(27)16-19/h2-3,6-13,16-17H,4-5,14-15,18H2,1H3,(H,28,31). The maximum absolute atomic E-state index is 12.5. The summed E-state index contributed by atoms with van der Waals surface area (Å²) in [5, 5.41) is 3.49. The highest BCUT2D eigenvalue weighted by atomic mass is 35.5. The van der Waals surface area contributed by atoms with E-state index in [0.29, 0.717) is 23.7 Å². The number of unbranched alkanes of at least 4 members (excludes halogenated alkanes) is 1. The second kappa shape index (κ2) is 10.9. The third-order valence-electron chi connectivity index (χ3n) is 5.31. The van der Waals surface area contributed by atoms with E-state index in [1.165, 1.54) is 0 Å². The number of imidazole rings is 1. The third kappa shape index (κ3) is 5.84. The summed E-state index contributed by atoms with van der Waals surface area (Å²) in [6, 6.07) is 22.5. The van der Waals surface area contributed by atoms with E-state index in [9.17, 15) is 4.79 Å².